The van der Waals surface area contributed by atoms with Crippen LogP contribution >= 0.6 is 0 Å². The molecular formula is C7H14F2N2O2S. The van der Waals surface area contributed by atoms with E-state index in [1.165, 1.54) is 0 Å². The summed E-state index contributed by atoms with van der Waals surface area (Å²) in [6, 6.07) is -1.28. The molecule has 0 spiro atoms. The Balaban J connectivity index is 2.72. The molecule has 14 heavy (non-hydrogen) atoms. The van der Waals surface area contributed by atoms with E-state index < -0.39 is 22.0 Å². The summed E-state index contributed by atoms with van der Waals surface area (Å²) < 4.78 is 50.2. The lowest BCUT2D eigenvalue weighted by Gasteiger charge is -2.24. The van der Waals surface area contributed by atoms with Gasteiger partial charge in [-0.25, -0.2) is 21.9 Å². The van der Waals surface area contributed by atoms with Gasteiger partial charge in [0.15, 0.2) is 0 Å². The zero-order valence-corrected chi connectivity index (χ0v) is 8.70. The van der Waals surface area contributed by atoms with Crippen molar-refractivity contribution in [2.75, 3.05) is 19.3 Å². The van der Waals surface area contributed by atoms with E-state index in [0.717, 1.165) is 6.26 Å². The van der Waals surface area contributed by atoms with E-state index in [1.54, 1.807) is 0 Å². The third-order valence-electron chi connectivity index (χ3n) is 2.11. The van der Waals surface area contributed by atoms with Crippen molar-refractivity contribution in [3.05, 3.63) is 0 Å². The molecule has 0 bridgehead atoms. The molecule has 0 aromatic heterocycles. The van der Waals surface area contributed by atoms with Gasteiger partial charge in [-0.05, 0) is 13.0 Å². The number of rotatable bonds is 2. The first-order valence-electron chi connectivity index (χ1n) is 4.37. The van der Waals surface area contributed by atoms with Gasteiger partial charge in [-0.2, -0.15) is 0 Å². The molecule has 0 amide bonds. The Morgan fingerprint density at radius 2 is 2.07 bits per heavy atom. The molecule has 0 aromatic rings. The van der Waals surface area contributed by atoms with Gasteiger partial charge >= 0.3 is 0 Å². The number of halogens is 2. The van der Waals surface area contributed by atoms with Gasteiger partial charge in [-0.3, -0.25) is 0 Å². The van der Waals surface area contributed by atoms with E-state index in [1.807, 2.05) is 4.72 Å². The van der Waals surface area contributed by atoms with E-state index in [2.05, 4.69) is 5.32 Å². The van der Waals surface area contributed by atoms with Crippen molar-refractivity contribution in [3.8, 4) is 0 Å². The summed E-state index contributed by atoms with van der Waals surface area (Å²) in [5.41, 5.74) is 0. The molecule has 1 heterocycles. The van der Waals surface area contributed by atoms with Crippen LogP contribution in [0.2, 0.25) is 0 Å². The Kier molecular flexibility index (Phi) is 3.44. The van der Waals surface area contributed by atoms with Crippen LogP contribution in [0.25, 0.3) is 0 Å². The van der Waals surface area contributed by atoms with Crippen molar-refractivity contribution >= 4 is 10.0 Å². The molecule has 84 valence electrons. The predicted octanol–water partition coefficient (Wildman–Crippen LogP) is -0.0771. The number of hydrogen-bond donors (Lipinski definition) is 2. The lowest BCUT2D eigenvalue weighted by atomic mass is 10.1. The summed E-state index contributed by atoms with van der Waals surface area (Å²) >= 11 is 0. The van der Waals surface area contributed by atoms with Gasteiger partial charge < -0.3 is 5.32 Å². The monoisotopic (exact) mass is 228 g/mol. The van der Waals surface area contributed by atoms with Crippen LogP contribution in [0, 0.1) is 0 Å². The van der Waals surface area contributed by atoms with Gasteiger partial charge in [0, 0.05) is 13.0 Å². The largest absolute Gasteiger partial charge is 0.316 e. The fourth-order valence-corrected chi connectivity index (χ4v) is 2.22. The van der Waals surface area contributed by atoms with E-state index in [0.29, 0.717) is 6.54 Å². The minimum absolute atomic E-state index is 0.111. The van der Waals surface area contributed by atoms with Crippen molar-refractivity contribution in [1.82, 2.24) is 10.0 Å². The van der Waals surface area contributed by atoms with Crippen LogP contribution in [-0.2, 0) is 10.0 Å². The number of nitrogens with one attached hydrogen (secondary N) is 2. The molecule has 1 aliphatic rings. The Hall–Kier alpha value is -0.270. The number of sulfonamides is 1. The highest BCUT2D eigenvalue weighted by atomic mass is 32.2. The zero-order chi connectivity index (χ0) is 10.8. The highest BCUT2D eigenvalue weighted by Crippen LogP contribution is 2.26. The lowest BCUT2D eigenvalue weighted by Crippen LogP contribution is -2.47. The van der Waals surface area contributed by atoms with E-state index >= 15 is 0 Å². The first kappa shape index (κ1) is 11.8. The van der Waals surface area contributed by atoms with Gasteiger partial charge in [0.1, 0.15) is 0 Å². The van der Waals surface area contributed by atoms with Crippen LogP contribution in [0.3, 0.4) is 0 Å². The minimum atomic E-state index is -3.57. The molecule has 1 aliphatic heterocycles. The quantitative estimate of drug-likeness (QED) is 0.695. The highest BCUT2D eigenvalue weighted by Gasteiger charge is 2.41. The van der Waals surface area contributed by atoms with E-state index in [4.69, 9.17) is 0 Å². The maximum Gasteiger partial charge on any atom is 0.265 e. The third-order valence-corrected chi connectivity index (χ3v) is 2.82. The summed E-state index contributed by atoms with van der Waals surface area (Å²) in [6.45, 7) is 0.623. The van der Waals surface area contributed by atoms with Crippen molar-refractivity contribution in [1.29, 1.82) is 0 Å². The molecule has 0 unspecified atom stereocenters. The second kappa shape index (κ2) is 4.08. The Bertz CT molecular complexity index is 292. The summed E-state index contributed by atoms with van der Waals surface area (Å²) in [4.78, 5) is 0. The fraction of sp³-hybridized carbons (Fsp3) is 1.00. The molecule has 1 rings (SSSR count). The van der Waals surface area contributed by atoms with Gasteiger partial charge in [0.2, 0.25) is 10.0 Å². The van der Waals surface area contributed by atoms with E-state index in [-0.39, 0.29) is 19.4 Å². The smallest absolute Gasteiger partial charge is 0.265 e. The first-order valence-corrected chi connectivity index (χ1v) is 6.26. The van der Waals surface area contributed by atoms with Gasteiger partial charge in [-0.1, -0.05) is 0 Å². The van der Waals surface area contributed by atoms with Gasteiger partial charge in [-0.15, -0.1) is 0 Å². The Morgan fingerprint density at radius 1 is 1.43 bits per heavy atom. The normalized spacial score (nSPS) is 28.4. The molecular weight excluding hydrogens is 214 g/mol. The summed E-state index contributed by atoms with van der Waals surface area (Å²) in [6.07, 6.45) is 0.668. The molecule has 0 radical (unpaired) electrons. The van der Waals surface area contributed by atoms with E-state index in [9.17, 15) is 17.2 Å². The molecule has 0 aromatic carbocycles. The van der Waals surface area contributed by atoms with Crippen LogP contribution in [0.5, 0.6) is 0 Å². The van der Waals surface area contributed by atoms with Crippen LogP contribution in [-0.4, -0.2) is 39.7 Å². The van der Waals surface area contributed by atoms with Crippen molar-refractivity contribution in [3.63, 3.8) is 0 Å². The lowest BCUT2D eigenvalue weighted by molar-refractivity contribution is -0.0328. The highest BCUT2D eigenvalue weighted by molar-refractivity contribution is 7.88. The minimum Gasteiger partial charge on any atom is -0.316 e. The zero-order valence-electron chi connectivity index (χ0n) is 7.89. The van der Waals surface area contributed by atoms with Crippen LogP contribution < -0.4 is 10.0 Å². The first-order chi connectivity index (χ1) is 6.31. The third kappa shape index (κ3) is 3.47. The summed E-state index contributed by atoms with van der Waals surface area (Å²) in [5, 5.41) is 2.80. The molecule has 4 nitrogen and oxygen atoms in total. The summed E-state index contributed by atoms with van der Waals surface area (Å²) in [5.74, 6) is -2.97. The average Bonchev–Trinajstić information content (AvgIpc) is 2.11. The average molecular weight is 228 g/mol. The number of hydrogen-bond acceptors (Lipinski definition) is 3. The second-order valence-corrected chi connectivity index (χ2v) is 5.27. The van der Waals surface area contributed by atoms with Gasteiger partial charge in [0.25, 0.3) is 5.92 Å². The van der Waals surface area contributed by atoms with Crippen molar-refractivity contribution in [2.45, 2.75) is 24.8 Å². The maximum absolute atomic E-state index is 13.3. The fourth-order valence-electron chi connectivity index (χ4n) is 1.42. The standard InChI is InChI=1S/C7H14F2N2O2S/c1-14(12,13)11-6-2-4-10-5-3-7(6,8)9/h6,10-11H,2-5H2,1H3/t6-/m1/s1. The topological polar surface area (TPSA) is 58.2 Å². The van der Waals surface area contributed by atoms with Crippen molar-refractivity contribution in [2.24, 2.45) is 0 Å². The van der Waals surface area contributed by atoms with Crippen LogP contribution in [0.4, 0.5) is 8.78 Å². The molecule has 1 atom stereocenters. The predicted molar refractivity (Wildman–Crippen MR) is 48.8 cm³/mol. The summed E-state index contributed by atoms with van der Waals surface area (Å²) in [7, 11) is -3.57. The molecule has 2 N–H and O–H groups in total. The molecule has 1 saturated heterocycles. The van der Waals surface area contributed by atoms with Crippen molar-refractivity contribution < 1.29 is 17.2 Å². The maximum atomic E-state index is 13.3. The number of alkyl halides is 2. The molecule has 0 saturated carbocycles. The SMILES string of the molecule is CS(=O)(=O)N[C@@H]1CCNCCC1(F)F. The molecule has 0 aliphatic carbocycles. The Morgan fingerprint density at radius 3 is 2.64 bits per heavy atom. The molecule has 1 fully saturated rings. The van der Waals surface area contributed by atoms with Crippen LogP contribution in [0.15, 0.2) is 0 Å². The second-order valence-electron chi connectivity index (χ2n) is 3.49. The molecule has 7 heteroatoms. The van der Waals surface area contributed by atoms with Gasteiger partial charge in [0.05, 0.1) is 12.3 Å². The Labute approximate surface area is 82.1 Å². The van der Waals surface area contributed by atoms with Crippen LogP contribution in [0.1, 0.15) is 12.8 Å².